The summed E-state index contributed by atoms with van der Waals surface area (Å²) in [6, 6.07) is 11.0. The highest BCUT2D eigenvalue weighted by Gasteiger charge is 2.27. The van der Waals surface area contributed by atoms with Crippen molar-refractivity contribution in [3.8, 4) is 11.5 Å². The fourth-order valence-electron chi connectivity index (χ4n) is 2.79. The van der Waals surface area contributed by atoms with Crippen molar-refractivity contribution in [2.75, 3.05) is 11.7 Å². The minimum atomic E-state index is -0.358. The number of fused-ring (bicyclic) bond motifs is 1. The van der Waals surface area contributed by atoms with Crippen molar-refractivity contribution in [3.05, 3.63) is 69.9 Å². The van der Waals surface area contributed by atoms with Gasteiger partial charge in [-0.1, -0.05) is 6.07 Å². The number of amides is 1. The van der Waals surface area contributed by atoms with Gasteiger partial charge in [0.1, 0.15) is 5.82 Å². The Labute approximate surface area is 153 Å². The molecule has 3 aromatic rings. The van der Waals surface area contributed by atoms with E-state index in [4.69, 9.17) is 9.47 Å². The molecule has 7 heteroatoms. The zero-order valence-electron chi connectivity index (χ0n) is 13.9. The molecular formula is C19H15FN2O3S. The Balaban J connectivity index is 1.73. The van der Waals surface area contributed by atoms with E-state index in [0.29, 0.717) is 22.7 Å². The second-order valence-corrected chi connectivity index (χ2v) is 6.83. The number of nitrogens with zero attached hydrogens (tertiary/aromatic N) is 2. The van der Waals surface area contributed by atoms with Crippen LogP contribution in [0.4, 0.5) is 10.1 Å². The summed E-state index contributed by atoms with van der Waals surface area (Å²) in [4.78, 5) is 19.3. The second kappa shape index (κ2) is 6.76. The van der Waals surface area contributed by atoms with Gasteiger partial charge in [0.15, 0.2) is 11.5 Å². The summed E-state index contributed by atoms with van der Waals surface area (Å²) in [5.41, 5.74) is 1.75. The molecule has 26 heavy (non-hydrogen) atoms. The molecule has 1 aliphatic heterocycles. The van der Waals surface area contributed by atoms with Crippen LogP contribution < -0.4 is 14.4 Å². The zero-order chi connectivity index (χ0) is 18.1. The normalized spacial score (nSPS) is 12.2. The SMILES string of the molecule is Cc1nc(CN(C(=O)c2cccc3c2OCO3)c2ccc(F)cc2)cs1. The van der Waals surface area contributed by atoms with Crippen LogP contribution in [-0.4, -0.2) is 17.7 Å². The van der Waals surface area contributed by atoms with Crippen LogP contribution in [0.25, 0.3) is 0 Å². The highest BCUT2D eigenvalue weighted by molar-refractivity contribution is 7.09. The summed E-state index contributed by atoms with van der Waals surface area (Å²) in [5, 5.41) is 2.83. The molecule has 0 radical (unpaired) electrons. The number of aryl methyl sites for hydroxylation is 1. The van der Waals surface area contributed by atoms with Crippen LogP contribution in [0.15, 0.2) is 47.8 Å². The Bertz CT molecular complexity index is 956. The molecule has 1 aliphatic rings. The number of rotatable bonds is 4. The first-order chi connectivity index (χ1) is 12.6. The highest BCUT2D eigenvalue weighted by Crippen LogP contribution is 2.36. The average Bonchev–Trinajstić information content (AvgIpc) is 3.28. The van der Waals surface area contributed by atoms with E-state index in [1.165, 1.54) is 23.5 Å². The maximum Gasteiger partial charge on any atom is 0.262 e. The quantitative estimate of drug-likeness (QED) is 0.692. The largest absolute Gasteiger partial charge is 0.454 e. The Morgan fingerprint density at radius 1 is 1.23 bits per heavy atom. The van der Waals surface area contributed by atoms with Crippen LogP contribution in [0.3, 0.4) is 0 Å². The zero-order valence-corrected chi connectivity index (χ0v) is 14.8. The third-order valence-corrected chi connectivity index (χ3v) is 4.82. The van der Waals surface area contributed by atoms with Crippen molar-refractivity contribution >= 4 is 22.9 Å². The molecule has 0 saturated carbocycles. The lowest BCUT2D eigenvalue weighted by Gasteiger charge is -2.22. The van der Waals surface area contributed by atoms with Crippen molar-refractivity contribution in [1.29, 1.82) is 0 Å². The molecule has 0 unspecified atom stereocenters. The maximum atomic E-state index is 13.3. The fraction of sp³-hybridized carbons (Fsp3) is 0.158. The molecule has 0 saturated heterocycles. The molecule has 1 amide bonds. The topological polar surface area (TPSA) is 51.7 Å². The number of thiazole rings is 1. The predicted octanol–water partition coefficient (Wildman–Crippen LogP) is 4.17. The minimum absolute atomic E-state index is 0.0848. The Hall–Kier alpha value is -2.93. The monoisotopic (exact) mass is 370 g/mol. The Kier molecular flexibility index (Phi) is 4.30. The number of aromatic nitrogens is 1. The number of benzene rings is 2. The van der Waals surface area contributed by atoms with Crippen LogP contribution in [0, 0.1) is 12.7 Å². The summed E-state index contributed by atoms with van der Waals surface area (Å²) in [5.74, 6) is 0.353. The first-order valence-electron chi connectivity index (χ1n) is 7.99. The number of carbonyl (C=O) groups is 1. The number of halogens is 1. The van der Waals surface area contributed by atoms with E-state index in [-0.39, 0.29) is 25.1 Å². The summed E-state index contributed by atoms with van der Waals surface area (Å²) in [7, 11) is 0. The van der Waals surface area contributed by atoms with Crippen LogP contribution in [0.1, 0.15) is 21.1 Å². The summed E-state index contributed by atoms with van der Waals surface area (Å²) in [6.07, 6.45) is 0. The van der Waals surface area contributed by atoms with E-state index in [2.05, 4.69) is 4.98 Å². The van der Waals surface area contributed by atoms with Gasteiger partial charge in [0.25, 0.3) is 5.91 Å². The van der Waals surface area contributed by atoms with E-state index in [1.54, 1.807) is 35.2 Å². The van der Waals surface area contributed by atoms with Gasteiger partial charge in [0.05, 0.1) is 22.8 Å². The van der Waals surface area contributed by atoms with E-state index < -0.39 is 0 Å². The molecule has 0 atom stereocenters. The molecule has 2 heterocycles. The van der Waals surface area contributed by atoms with Crippen molar-refractivity contribution < 1.29 is 18.7 Å². The van der Waals surface area contributed by atoms with E-state index in [1.807, 2.05) is 12.3 Å². The van der Waals surface area contributed by atoms with E-state index >= 15 is 0 Å². The standard InChI is InChI=1S/C19H15FN2O3S/c1-12-21-14(10-26-12)9-22(15-7-5-13(20)6-8-15)19(23)16-3-2-4-17-18(16)25-11-24-17/h2-8,10H,9,11H2,1H3. The van der Waals surface area contributed by atoms with Crippen LogP contribution in [0.5, 0.6) is 11.5 Å². The van der Waals surface area contributed by atoms with Gasteiger partial charge in [0, 0.05) is 11.1 Å². The van der Waals surface area contributed by atoms with Crippen molar-refractivity contribution in [2.45, 2.75) is 13.5 Å². The van der Waals surface area contributed by atoms with Gasteiger partial charge < -0.3 is 14.4 Å². The smallest absolute Gasteiger partial charge is 0.262 e. The molecule has 5 nitrogen and oxygen atoms in total. The second-order valence-electron chi connectivity index (χ2n) is 5.76. The molecule has 4 rings (SSSR count). The molecule has 0 spiro atoms. The van der Waals surface area contributed by atoms with Gasteiger partial charge in [-0.25, -0.2) is 9.37 Å². The van der Waals surface area contributed by atoms with Crippen molar-refractivity contribution in [1.82, 2.24) is 4.98 Å². The number of ether oxygens (including phenoxy) is 2. The lowest BCUT2D eigenvalue weighted by molar-refractivity contribution is 0.0980. The van der Waals surface area contributed by atoms with Crippen LogP contribution in [-0.2, 0) is 6.54 Å². The third-order valence-electron chi connectivity index (χ3n) is 4.00. The summed E-state index contributed by atoms with van der Waals surface area (Å²) in [6.45, 7) is 2.27. The van der Waals surface area contributed by atoms with Crippen molar-refractivity contribution in [2.24, 2.45) is 0 Å². The van der Waals surface area contributed by atoms with Gasteiger partial charge in [0.2, 0.25) is 6.79 Å². The third kappa shape index (κ3) is 3.13. The average molecular weight is 370 g/mol. The van der Waals surface area contributed by atoms with Crippen molar-refractivity contribution in [3.63, 3.8) is 0 Å². The number of carbonyl (C=O) groups excluding carboxylic acids is 1. The number of para-hydroxylation sites is 1. The molecule has 0 fully saturated rings. The molecule has 0 aliphatic carbocycles. The van der Waals surface area contributed by atoms with Gasteiger partial charge in [-0.3, -0.25) is 4.79 Å². The Morgan fingerprint density at radius 2 is 2.04 bits per heavy atom. The first kappa shape index (κ1) is 16.5. The van der Waals surface area contributed by atoms with Gasteiger partial charge in [-0.15, -0.1) is 11.3 Å². The fourth-order valence-corrected chi connectivity index (χ4v) is 3.39. The van der Waals surface area contributed by atoms with Gasteiger partial charge >= 0.3 is 0 Å². The molecular weight excluding hydrogens is 355 g/mol. The van der Waals surface area contributed by atoms with Crippen LogP contribution in [0.2, 0.25) is 0 Å². The number of anilines is 1. The molecule has 0 N–H and O–H groups in total. The molecule has 0 bridgehead atoms. The van der Waals surface area contributed by atoms with Gasteiger partial charge in [-0.05, 0) is 43.3 Å². The molecule has 1 aromatic heterocycles. The number of hydrogen-bond donors (Lipinski definition) is 0. The van der Waals surface area contributed by atoms with E-state index in [0.717, 1.165) is 10.7 Å². The predicted molar refractivity (Wildman–Crippen MR) is 96.3 cm³/mol. The lowest BCUT2D eigenvalue weighted by atomic mass is 10.1. The molecule has 2 aromatic carbocycles. The Morgan fingerprint density at radius 3 is 2.77 bits per heavy atom. The number of hydrogen-bond acceptors (Lipinski definition) is 5. The maximum absolute atomic E-state index is 13.3. The first-order valence-corrected chi connectivity index (χ1v) is 8.87. The molecule has 132 valence electrons. The lowest BCUT2D eigenvalue weighted by Crippen LogP contribution is -2.30. The van der Waals surface area contributed by atoms with Gasteiger partial charge in [-0.2, -0.15) is 0 Å². The highest BCUT2D eigenvalue weighted by atomic mass is 32.1. The van der Waals surface area contributed by atoms with Crippen LogP contribution >= 0.6 is 11.3 Å². The van der Waals surface area contributed by atoms with E-state index in [9.17, 15) is 9.18 Å². The summed E-state index contributed by atoms with van der Waals surface area (Å²) >= 11 is 1.52. The minimum Gasteiger partial charge on any atom is -0.454 e. The summed E-state index contributed by atoms with van der Waals surface area (Å²) < 4.78 is 24.2.